The van der Waals surface area contributed by atoms with Crippen LogP contribution in [0.3, 0.4) is 0 Å². The molecular formula is C11H9F2NOS. The lowest BCUT2D eigenvalue weighted by Gasteiger charge is -1.95. The lowest BCUT2D eigenvalue weighted by Crippen LogP contribution is -2.07. The minimum Gasteiger partial charge on any atom is -0.286 e. The number of alkyl halides is 2. The summed E-state index contributed by atoms with van der Waals surface area (Å²) in [5.41, 5.74) is 1.60. The maximum absolute atomic E-state index is 12.0. The van der Waals surface area contributed by atoms with Crippen LogP contribution >= 0.6 is 11.8 Å². The molecule has 0 saturated carbocycles. The second kappa shape index (κ2) is 4.33. The van der Waals surface area contributed by atoms with Crippen molar-refractivity contribution in [2.45, 2.75) is 18.2 Å². The number of carbonyl (C=O) groups excluding carboxylic acids is 1. The number of carbonyl (C=O) groups is 1. The smallest absolute Gasteiger partial charge is 0.257 e. The number of hydrogen-bond donors (Lipinski definition) is 0. The second-order valence-electron chi connectivity index (χ2n) is 3.47. The van der Waals surface area contributed by atoms with Crippen molar-refractivity contribution in [3.8, 4) is 0 Å². The molecule has 1 heterocycles. The predicted octanol–water partition coefficient (Wildman–Crippen LogP) is 2.95. The van der Waals surface area contributed by atoms with E-state index in [1.807, 2.05) is 19.1 Å². The third-order valence-corrected chi connectivity index (χ3v) is 3.22. The molecule has 0 fully saturated rings. The van der Waals surface area contributed by atoms with E-state index in [0.29, 0.717) is 5.56 Å². The first-order chi connectivity index (χ1) is 7.58. The van der Waals surface area contributed by atoms with Crippen molar-refractivity contribution >= 4 is 22.6 Å². The van der Waals surface area contributed by atoms with E-state index in [-0.39, 0.29) is 10.8 Å². The number of thioether (sulfide) groups is 1. The summed E-state index contributed by atoms with van der Waals surface area (Å²) in [6, 6.07) is 5.40. The summed E-state index contributed by atoms with van der Waals surface area (Å²) < 4.78 is 24.0. The van der Waals surface area contributed by atoms with E-state index >= 15 is 0 Å². The molecule has 0 spiro atoms. The Kier molecular flexibility index (Phi) is 3.05. The van der Waals surface area contributed by atoms with E-state index in [0.717, 1.165) is 10.5 Å². The highest BCUT2D eigenvalue weighted by Gasteiger charge is 2.27. The number of aliphatic imine (C=N–C) groups is 1. The van der Waals surface area contributed by atoms with Crippen molar-refractivity contribution in [2.24, 2.45) is 4.99 Å². The Bertz CT molecular complexity index is 471. The van der Waals surface area contributed by atoms with Gasteiger partial charge >= 0.3 is 0 Å². The quantitative estimate of drug-likeness (QED) is 0.796. The number of benzene rings is 1. The summed E-state index contributed by atoms with van der Waals surface area (Å²) in [6.07, 6.45) is -2.51. The predicted molar refractivity (Wildman–Crippen MR) is 59.7 cm³/mol. The van der Waals surface area contributed by atoms with Gasteiger partial charge in [0, 0.05) is 10.5 Å². The topological polar surface area (TPSA) is 29.4 Å². The van der Waals surface area contributed by atoms with Crippen molar-refractivity contribution in [3.05, 3.63) is 29.3 Å². The van der Waals surface area contributed by atoms with Crippen LogP contribution < -0.4 is 0 Å². The molecular weight excluding hydrogens is 232 g/mol. The normalized spacial score (nSPS) is 17.2. The Balaban J connectivity index is 2.27. The Hall–Kier alpha value is -1.23. The average molecular weight is 241 g/mol. The van der Waals surface area contributed by atoms with Gasteiger partial charge in [0.15, 0.2) is 0 Å². The molecule has 0 unspecified atom stereocenters. The van der Waals surface area contributed by atoms with E-state index in [4.69, 9.17) is 0 Å². The maximum atomic E-state index is 12.0. The molecule has 1 aromatic rings. The molecule has 0 atom stereocenters. The SMILES string of the molecule is Cc1ccc2c(c1)SC(=NCC(F)F)C2=O. The van der Waals surface area contributed by atoms with Crippen molar-refractivity contribution in [1.29, 1.82) is 0 Å². The van der Waals surface area contributed by atoms with Crippen LogP contribution in [0.4, 0.5) is 8.78 Å². The molecule has 2 nitrogen and oxygen atoms in total. The van der Waals surface area contributed by atoms with Crippen LogP contribution in [0.15, 0.2) is 28.1 Å². The van der Waals surface area contributed by atoms with Gasteiger partial charge in [-0.05, 0) is 24.6 Å². The molecule has 0 aromatic heterocycles. The number of rotatable bonds is 2. The van der Waals surface area contributed by atoms with E-state index in [9.17, 15) is 13.6 Å². The molecule has 0 radical (unpaired) electrons. The Morgan fingerprint density at radius 2 is 2.19 bits per heavy atom. The molecule has 16 heavy (non-hydrogen) atoms. The van der Waals surface area contributed by atoms with Gasteiger partial charge in [0.25, 0.3) is 6.43 Å². The van der Waals surface area contributed by atoms with Gasteiger partial charge in [-0.15, -0.1) is 0 Å². The van der Waals surface area contributed by atoms with E-state index < -0.39 is 13.0 Å². The van der Waals surface area contributed by atoms with Crippen LogP contribution in [-0.2, 0) is 0 Å². The maximum Gasteiger partial charge on any atom is 0.257 e. The van der Waals surface area contributed by atoms with Gasteiger partial charge in [0.05, 0.1) is 0 Å². The van der Waals surface area contributed by atoms with Crippen molar-refractivity contribution in [1.82, 2.24) is 0 Å². The third kappa shape index (κ3) is 2.14. The fourth-order valence-corrected chi connectivity index (χ4v) is 2.49. The number of hydrogen-bond acceptors (Lipinski definition) is 3. The number of ketones is 1. The van der Waals surface area contributed by atoms with Crippen LogP contribution in [0.1, 0.15) is 15.9 Å². The molecule has 0 amide bonds. The van der Waals surface area contributed by atoms with Crippen LogP contribution in [0, 0.1) is 6.92 Å². The van der Waals surface area contributed by atoms with E-state index in [1.54, 1.807) is 6.07 Å². The minimum atomic E-state index is -2.51. The number of Topliss-reactive ketones (excluding diaryl/α,β-unsaturated/α-hetero) is 1. The van der Waals surface area contributed by atoms with Gasteiger partial charge in [0.2, 0.25) is 5.78 Å². The van der Waals surface area contributed by atoms with Crippen molar-refractivity contribution in [2.75, 3.05) is 6.54 Å². The highest BCUT2D eigenvalue weighted by molar-refractivity contribution is 8.16. The summed E-state index contributed by atoms with van der Waals surface area (Å²) in [7, 11) is 0. The van der Waals surface area contributed by atoms with Crippen LogP contribution in [0.5, 0.6) is 0 Å². The Morgan fingerprint density at radius 3 is 2.88 bits per heavy atom. The number of halogens is 2. The Labute approximate surface area is 95.8 Å². The Morgan fingerprint density at radius 1 is 1.44 bits per heavy atom. The second-order valence-corrected chi connectivity index (χ2v) is 4.50. The van der Waals surface area contributed by atoms with Crippen LogP contribution in [-0.4, -0.2) is 23.8 Å². The van der Waals surface area contributed by atoms with Gasteiger partial charge in [-0.1, -0.05) is 17.8 Å². The summed E-state index contributed by atoms with van der Waals surface area (Å²) >= 11 is 1.17. The first-order valence-electron chi connectivity index (χ1n) is 4.73. The molecule has 0 saturated heterocycles. The largest absolute Gasteiger partial charge is 0.286 e. The fraction of sp³-hybridized carbons (Fsp3) is 0.273. The third-order valence-electron chi connectivity index (χ3n) is 2.16. The highest BCUT2D eigenvalue weighted by Crippen LogP contribution is 2.34. The lowest BCUT2D eigenvalue weighted by molar-refractivity contribution is 0.106. The average Bonchev–Trinajstić information content (AvgIpc) is 2.52. The first kappa shape index (κ1) is 11.3. The number of nitrogens with zero attached hydrogens (tertiary/aromatic N) is 1. The first-order valence-corrected chi connectivity index (χ1v) is 5.55. The molecule has 1 aliphatic heterocycles. The van der Waals surface area contributed by atoms with Crippen molar-refractivity contribution in [3.63, 3.8) is 0 Å². The summed E-state index contributed by atoms with van der Waals surface area (Å²) in [5.74, 6) is -0.249. The number of aryl methyl sites for hydroxylation is 1. The zero-order valence-electron chi connectivity index (χ0n) is 8.54. The van der Waals surface area contributed by atoms with Gasteiger partial charge in [-0.2, -0.15) is 0 Å². The van der Waals surface area contributed by atoms with Crippen LogP contribution in [0.25, 0.3) is 0 Å². The van der Waals surface area contributed by atoms with Crippen molar-refractivity contribution < 1.29 is 13.6 Å². The number of fused-ring (bicyclic) bond motifs is 1. The lowest BCUT2D eigenvalue weighted by atomic mass is 10.1. The molecule has 84 valence electrons. The molecule has 0 bridgehead atoms. The molecule has 5 heteroatoms. The fourth-order valence-electron chi connectivity index (χ4n) is 1.42. The standard InChI is InChI=1S/C11H9F2NOS/c1-6-2-3-7-8(4-6)16-11(10(7)15)14-5-9(12)13/h2-4,9H,5H2,1H3. The molecule has 0 N–H and O–H groups in total. The summed E-state index contributed by atoms with van der Waals surface area (Å²) in [4.78, 5) is 16.2. The summed E-state index contributed by atoms with van der Waals surface area (Å²) in [5, 5.41) is 0.168. The zero-order valence-corrected chi connectivity index (χ0v) is 9.35. The van der Waals surface area contributed by atoms with Gasteiger partial charge in [-0.3, -0.25) is 9.79 Å². The van der Waals surface area contributed by atoms with E-state index in [2.05, 4.69) is 4.99 Å². The molecule has 1 aliphatic rings. The molecule has 0 aliphatic carbocycles. The van der Waals surface area contributed by atoms with Gasteiger partial charge in [-0.25, -0.2) is 8.78 Å². The summed E-state index contributed by atoms with van der Waals surface area (Å²) in [6.45, 7) is 1.31. The monoisotopic (exact) mass is 241 g/mol. The van der Waals surface area contributed by atoms with Gasteiger partial charge in [0.1, 0.15) is 11.6 Å². The van der Waals surface area contributed by atoms with Crippen LogP contribution in [0.2, 0.25) is 0 Å². The highest BCUT2D eigenvalue weighted by atomic mass is 32.2. The van der Waals surface area contributed by atoms with Gasteiger partial charge < -0.3 is 0 Å². The zero-order chi connectivity index (χ0) is 11.7. The minimum absolute atomic E-state index is 0.168. The molecule has 1 aromatic carbocycles. The van der Waals surface area contributed by atoms with E-state index in [1.165, 1.54) is 11.8 Å². The molecule has 2 rings (SSSR count).